The minimum atomic E-state index is -3.81. The molecule has 0 unspecified atom stereocenters. The van der Waals surface area contributed by atoms with Gasteiger partial charge in [0.2, 0.25) is 0 Å². The van der Waals surface area contributed by atoms with E-state index in [4.69, 9.17) is 0 Å². The maximum absolute atomic E-state index is 13.0. The summed E-state index contributed by atoms with van der Waals surface area (Å²) in [5.74, 6) is 0. The highest BCUT2D eigenvalue weighted by molar-refractivity contribution is 7.53. The van der Waals surface area contributed by atoms with Gasteiger partial charge in [-0.15, -0.1) is 0 Å². The van der Waals surface area contributed by atoms with Crippen molar-refractivity contribution in [3.8, 4) is 0 Å². The molecule has 144 valence electrons. The number of allylic oxidation sites excluding steroid dienone is 8. The maximum atomic E-state index is 13.0. The van der Waals surface area contributed by atoms with Gasteiger partial charge in [0.1, 0.15) is 0 Å². The van der Waals surface area contributed by atoms with Crippen LogP contribution in [0.2, 0.25) is 0 Å². The predicted octanol–water partition coefficient (Wildman–Crippen LogP) is 7.94. The maximum Gasteiger partial charge on any atom is 0.367 e. The van der Waals surface area contributed by atoms with Gasteiger partial charge >= 0.3 is 7.68 Å². The molecule has 0 bridgehead atoms. The largest absolute Gasteiger partial charge is 0.367 e. The van der Waals surface area contributed by atoms with Crippen LogP contribution in [-0.2, 0) is 9.09 Å². The highest BCUT2D eigenvalue weighted by Crippen LogP contribution is 2.48. The molecule has 0 radical (unpaired) electrons. The quantitative estimate of drug-likeness (QED) is 0.157. The van der Waals surface area contributed by atoms with E-state index in [0.717, 1.165) is 39.2 Å². The molecule has 0 aromatic heterocycles. The Hall–Kier alpha value is -0.920. The fraction of sp³-hybridized carbons (Fsp3) is 0.619. The molecule has 25 heavy (non-hydrogen) atoms. The van der Waals surface area contributed by atoms with Gasteiger partial charge in [0, 0.05) is 7.11 Å². The first kappa shape index (κ1) is 24.1. The Morgan fingerprint density at radius 1 is 0.760 bits per heavy atom. The summed E-state index contributed by atoms with van der Waals surface area (Å²) in [6.45, 7) is 2.23. The van der Waals surface area contributed by atoms with Crippen molar-refractivity contribution in [3.05, 3.63) is 48.6 Å². The van der Waals surface area contributed by atoms with E-state index in [-0.39, 0.29) is 6.16 Å². The van der Waals surface area contributed by atoms with Gasteiger partial charge in [0.15, 0.2) is 0 Å². The Labute approximate surface area is 154 Å². The van der Waals surface area contributed by atoms with Crippen LogP contribution in [0.3, 0.4) is 0 Å². The SMILES string of the molecule is CCCCCC=CCC=CCC=CCC=CCCCC[P@](=O)(F)OC. The topological polar surface area (TPSA) is 26.3 Å². The van der Waals surface area contributed by atoms with Crippen LogP contribution in [0.5, 0.6) is 0 Å². The van der Waals surface area contributed by atoms with E-state index in [1.165, 1.54) is 25.7 Å². The van der Waals surface area contributed by atoms with Crippen molar-refractivity contribution in [3.63, 3.8) is 0 Å². The molecule has 0 saturated heterocycles. The lowest BCUT2D eigenvalue weighted by molar-refractivity contribution is 0.354. The van der Waals surface area contributed by atoms with E-state index >= 15 is 0 Å². The molecule has 0 aliphatic carbocycles. The molecule has 0 amide bonds. The number of rotatable bonds is 16. The van der Waals surface area contributed by atoms with Crippen molar-refractivity contribution in [2.75, 3.05) is 13.3 Å². The summed E-state index contributed by atoms with van der Waals surface area (Å²) in [6, 6.07) is 0. The van der Waals surface area contributed by atoms with Gasteiger partial charge < -0.3 is 4.52 Å². The van der Waals surface area contributed by atoms with Crippen LogP contribution in [-0.4, -0.2) is 13.3 Å². The van der Waals surface area contributed by atoms with Crippen molar-refractivity contribution >= 4 is 7.68 Å². The van der Waals surface area contributed by atoms with Crippen LogP contribution in [0.1, 0.15) is 71.1 Å². The number of hydrogen-bond acceptors (Lipinski definition) is 2. The zero-order chi connectivity index (χ0) is 18.6. The number of hydrogen-bond donors (Lipinski definition) is 0. The van der Waals surface area contributed by atoms with E-state index in [0.29, 0.717) is 6.42 Å². The third-order valence-electron chi connectivity index (χ3n) is 3.78. The summed E-state index contributed by atoms with van der Waals surface area (Å²) in [6.07, 6.45) is 27.8. The first-order chi connectivity index (χ1) is 12.1. The van der Waals surface area contributed by atoms with Crippen molar-refractivity contribution in [1.29, 1.82) is 0 Å². The van der Waals surface area contributed by atoms with E-state index in [1.807, 2.05) is 0 Å². The standard InChI is InChI=1S/C21H36FO2P/c1-3-4-5-6-7-8-9-10-11-12-13-14-15-16-17-18-19-20-21-25(22,23)24-2/h7-8,10-11,13-14,16-17H,3-6,9,12,15,18-21H2,1-2H3/t25-/m1/s1. The van der Waals surface area contributed by atoms with Gasteiger partial charge in [-0.3, -0.25) is 4.57 Å². The second kappa shape index (κ2) is 17.9. The molecule has 0 heterocycles. The Morgan fingerprint density at radius 3 is 1.64 bits per heavy atom. The Balaban J connectivity index is 3.47. The fourth-order valence-electron chi connectivity index (χ4n) is 2.22. The second-order valence-corrected chi connectivity index (χ2v) is 8.07. The van der Waals surface area contributed by atoms with E-state index in [2.05, 4.69) is 60.1 Å². The highest BCUT2D eigenvalue weighted by Gasteiger charge is 2.18. The highest BCUT2D eigenvalue weighted by atomic mass is 31.2. The number of halogens is 1. The van der Waals surface area contributed by atoms with Crippen molar-refractivity contribution in [2.24, 2.45) is 0 Å². The van der Waals surface area contributed by atoms with E-state index in [9.17, 15) is 8.76 Å². The van der Waals surface area contributed by atoms with Crippen LogP contribution in [0.25, 0.3) is 0 Å². The van der Waals surface area contributed by atoms with Crippen molar-refractivity contribution in [2.45, 2.75) is 71.1 Å². The molecule has 4 heteroatoms. The summed E-state index contributed by atoms with van der Waals surface area (Å²) in [5, 5.41) is 0. The summed E-state index contributed by atoms with van der Waals surface area (Å²) in [5.41, 5.74) is 0. The van der Waals surface area contributed by atoms with Crippen LogP contribution in [0.4, 0.5) is 4.20 Å². The molecule has 0 aromatic rings. The van der Waals surface area contributed by atoms with Crippen LogP contribution >= 0.6 is 7.68 Å². The normalized spacial score (nSPS) is 15.2. The molecular weight excluding hydrogens is 334 g/mol. The number of unbranched alkanes of at least 4 members (excludes halogenated alkanes) is 5. The summed E-state index contributed by atoms with van der Waals surface area (Å²) < 4.78 is 28.4. The molecule has 1 atom stereocenters. The molecule has 0 saturated carbocycles. The van der Waals surface area contributed by atoms with E-state index in [1.54, 1.807) is 0 Å². The lowest BCUT2D eigenvalue weighted by Gasteiger charge is -2.04. The van der Waals surface area contributed by atoms with Gasteiger partial charge in [-0.2, -0.15) is 4.20 Å². The zero-order valence-corrected chi connectivity index (χ0v) is 16.9. The van der Waals surface area contributed by atoms with Crippen molar-refractivity contribution in [1.82, 2.24) is 0 Å². The molecule has 0 spiro atoms. The van der Waals surface area contributed by atoms with Crippen molar-refractivity contribution < 1.29 is 13.3 Å². The minimum absolute atomic E-state index is 0.0253. The second-order valence-electron chi connectivity index (χ2n) is 6.08. The first-order valence-corrected chi connectivity index (χ1v) is 11.3. The molecular formula is C21H36FO2P. The zero-order valence-electron chi connectivity index (χ0n) is 16.0. The molecule has 0 rings (SSSR count). The van der Waals surface area contributed by atoms with Crippen LogP contribution < -0.4 is 0 Å². The Bertz CT molecular complexity index is 453. The van der Waals surface area contributed by atoms with Gasteiger partial charge in [-0.1, -0.05) is 68.4 Å². The monoisotopic (exact) mass is 370 g/mol. The predicted molar refractivity (Wildman–Crippen MR) is 109 cm³/mol. The molecule has 0 fully saturated rings. The molecule has 0 aromatic carbocycles. The average molecular weight is 370 g/mol. The third kappa shape index (κ3) is 19.3. The van der Waals surface area contributed by atoms with Crippen LogP contribution in [0, 0.1) is 0 Å². The minimum Gasteiger partial charge on any atom is -0.309 e. The third-order valence-corrected chi connectivity index (χ3v) is 5.17. The lowest BCUT2D eigenvalue weighted by Crippen LogP contribution is -1.87. The Morgan fingerprint density at radius 2 is 1.20 bits per heavy atom. The molecule has 0 aliphatic heterocycles. The van der Waals surface area contributed by atoms with E-state index < -0.39 is 7.68 Å². The summed E-state index contributed by atoms with van der Waals surface area (Å²) >= 11 is 0. The lowest BCUT2D eigenvalue weighted by atomic mass is 10.2. The summed E-state index contributed by atoms with van der Waals surface area (Å²) in [4.78, 5) is 0. The molecule has 2 nitrogen and oxygen atoms in total. The smallest absolute Gasteiger partial charge is 0.309 e. The fourth-order valence-corrected chi connectivity index (χ4v) is 3.00. The average Bonchev–Trinajstić information content (AvgIpc) is 2.60. The van der Waals surface area contributed by atoms with Gasteiger partial charge in [-0.05, 0) is 51.4 Å². The van der Waals surface area contributed by atoms with Gasteiger partial charge in [0.05, 0.1) is 6.16 Å². The van der Waals surface area contributed by atoms with Crippen LogP contribution in [0.15, 0.2) is 48.6 Å². The van der Waals surface area contributed by atoms with Gasteiger partial charge in [-0.25, -0.2) is 0 Å². The molecule has 0 aliphatic rings. The molecule has 0 N–H and O–H groups in total. The van der Waals surface area contributed by atoms with Gasteiger partial charge in [0.25, 0.3) is 0 Å². The first-order valence-electron chi connectivity index (χ1n) is 9.57. The Kier molecular flexibility index (Phi) is 17.2. The summed E-state index contributed by atoms with van der Waals surface area (Å²) in [7, 11) is -2.65.